The van der Waals surface area contributed by atoms with E-state index in [0.717, 1.165) is 23.7 Å². The number of thiol groups is 1. The number of hydrogen-bond donors (Lipinski definition) is 2. The van der Waals surface area contributed by atoms with Gasteiger partial charge in [0.25, 0.3) is 0 Å². The monoisotopic (exact) mass is 325 g/mol. The minimum atomic E-state index is 0.150. The van der Waals surface area contributed by atoms with Crippen molar-refractivity contribution >= 4 is 34.5 Å². The molecule has 2 atom stereocenters. The highest BCUT2D eigenvalue weighted by molar-refractivity contribution is 9.10. The molecule has 2 nitrogen and oxygen atoms in total. The lowest BCUT2D eigenvalue weighted by Gasteiger charge is -2.11. The fraction of sp³-hybridized carbons (Fsp3) is 0.500. The first-order valence-corrected chi connectivity index (χ1v) is 7.77. The molecule has 0 heterocycles. The first-order chi connectivity index (χ1) is 8.67. The zero-order valence-corrected chi connectivity index (χ0v) is 12.6. The Morgan fingerprint density at radius 2 is 2.39 bits per heavy atom. The van der Waals surface area contributed by atoms with Crippen LogP contribution in [0.1, 0.15) is 24.0 Å². The van der Waals surface area contributed by atoms with Crippen molar-refractivity contribution < 1.29 is 4.79 Å². The topological polar surface area (TPSA) is 29.1 Å². The first kappa shape index (κ1) is 12.5. The van der Waals surface area contributed by atoms with Crippen molar-refractivity contribution in [2.75, 3.05) is 12.3 Å². The number of halogens is 1. The second-order valence-electron chi connectivity index (χ2n) is 5.23. The molecule has 2 unspecified atom stereocenters. The summed E-state index contributed by atoms with van der Waals surface area (Å²) in [6.45, 7) is 0.668. The third-order valence-corrected chi connectivity index (χ3v) is 4.96. The molecule has 0 aromatic heterocycles. The summed E-state index contributed by atoms with van der Waals surface area (Å²) in [5.74, 6) is 1.09. The standard InChI is InChI=1S/C14H16BrNOS/c15-10-1-2-11-9(7-10)3-4-14(11)8-12(14)13(17)16-5-6-18/h1-2,7,12,18H,3-6,8H2,(H,16,17). The molecule has 1 saturated carbocycles. The smallest absolute Gasteiger partial charge is 0.224 e. The number of hydrogen-bond acceptors (Lipinski definition) is 2. The van der Waals surface area contributed by atoms with Gasteiger partial charge in [0.15, 0.2) is 0 Å². The van der Waals surface area contributed by atoms with E-state index in [1.165, 1.54) is 11.1 Å². The van der Waals surface area contributed by atoms with Gasteiger partial charge in [0.1, 0.15) is 0 Å². The summed E-state index contributed by atoms with van der Waals surface area (Å²) in [4.78, 5) is 12.0. The molecule has 1 fully saturated rings. The molecule has 96 valence electrons. The maximum atomic E-state index is 12.0. The zero-order chi connectivity index (χ0) is 12.8. The summed E-state index contributed by atoms with van der Waals surface area (Å²) in [7, 11) is 0. The highest BCUT2D eigenvalue weighted by Gasteiger charge is 2.61. The Labute approximate surface area is 121 Å². The number of carbonyl (C=O) groups is 1. The van der Waals surface area contributed by atoms with E-state index in [2.05, 4.69) is 52.1 Å². The van der Waals surface area contributed by atoms with E-state index >= 15 is 0 Å². The van der Waals surface area contributed by atoms with Crippen molar-refractivity contribution in [1.29, 1.82) is 0 Å². The van der Waals surface area contributed by atoms with Crippen LogP contribution in [0.5, 0.6) is 0 Å². The minimum Gasteiger partial charge on any atom is -0.355 e. The fourth-order valence-corrected chi connectivity index (χ4v) is 3.79. The maximum Gasteiger partial charge on any atom is 0.224 e. The second kappa shape index (κ2) is 4.57. The number of amides is 1. The van der Waals surface area contributed by atoms with Crippen LogP contribution in [-0.2, 0) is 16.6 Å². The van der Waals surface area contributed by atoms with Crippen molar-refractivity contribution in [2.24, 2.45) is 5.92 Å². The van der Waals surface area contributed by atoms with Crippen LogP contribution in [0, 0.1) is 5.92 Å². The predicted molar refractivity (Wildman–Crippen MR) is 79.1 cm³/mol. The van der Waals surface area contributed by atoms with Gasteiger partial charge in [-0.15, -0.1) is 0 Å². The van der Waals surface area contributed by atoms with Crippen LogP contribution >= 0.6 is 28.6 Å². The summed E-state index contributed by atoms with van der Waals surface area (Å²) in [5.41, 5.74) is 2.96. The van der Waals surface area contributed by atoms with Gasteiger partial charge < -0.3 is 5.32 Å². The van der Waals surface area contributed by atoms with Gasteiger partial charge >= 0.3 is 0 Å². The van der Waals surface area contributed by atoms with Gasteiger partial charge in [-0.05, 0) is 42.5 Å². The van der Waals surface area contributed by atoms with Crippen LogP contribution in [-0.4, -0.2) is 18.2 Å². The number of aryl methyl sites for hydroxylation is 1. The van der Waals surface area contributed by atoms with E-state index in [1.807, 2.05) is 0 Å². The third-order valence-electron chi connectivity index (χ3n) is 4.25. The largest absolute Gasteiger partial charge is 0.355 e. The SMILES string of the molecule is O=C(NCCS)C1CC12CCc1cc(Br)ccc12. The van der Waals surface area contributed by atoms with E-state index in [0.29, 0.717) is 12.3 Å². The van der Waals surface area contributed by atoms with Crippen molar-refractivity contribution in [3.8, 4) is 0 Å². The van der Waals surface area contributed by atoms with Crippen LogP contribution in [0.15, 0.2) is 22.7 Å². The molecule has 1 N–H and O–H groups in total. The van der Waals surface area contributed by atoms with Crippen molar-refractivity contribution in [3.05, 3.63) is 33.8 Å². The number of nitrogens with one attached hydrogen (secondary N) is 1. The average Bonchev–Trinajstić information content (AvgIpc) is 2.98. The summed E-state index contributed by atoms with van der Waals surface area (Å²) < 4.78 is 1.13. The molecule has 18 heavy (non-hydrogen) atoms. The second-order valence-corrected chi connectivity index (χ2v) is 6.59. The lowest BCUT2D eigenvalue weighted by molar-refractivity contribution is -0.122. The molecule has 2 aliphatic carbocycles. The molecule has 4 heteroatoms. The maximum absolute atomic E-state index is 12.0. The lowest BCUT2D eigenvalue weighted by atomic mass is 9.95. The summed E-state index contributed by atoms with van der Waals surface area (Å²) in [6.07, 6.45) is 3.24. The molecule has 1 aromatic rings. The van der Waals surface area contributed by atoms with E-state index in [-0.39, 0.29) is 17.2 Å². The molecule has 2 aliphatic rings. The van der Waals surface area contributed by atoms with Crippen molar-refractivity contribution in [2.45, 2.75) is 24.7 Å². The van der Waals surface area contributed by atoms with Gasteiger partial charge in [-0.1, -0.05) is 22.0 Å². The number of carbonyl (C=O) groups excluding carboxylic acids is 1. The Bertz CT molecular complexity index is 505. The predicted octanol–water partition coefficient (Wildman–Crippen LogP) is 2.70. The Hall–Kier alpha value is -0.480. The number of rotatable bonds is 3. The summed E-state index contributed by atoms with van der Waals surface area (Å²) >= 11 is 7.64. The van der Waals surface area contributed by atoms with Crippen LogP contribution < -0.4 is 5.32 Å². The highest BCUT2D eigenvalue weighted by Crippen LogP contribution is 2.61. The molecule has 1 spiro atoms. The molecule has 1 aromatic carbocycles. The molecule has 0 bridgehead atoms. The third kappa shape index (κ3) is 1.90. The Kier molecular flexibility index (Phi) is 3.18. The Morgan fingerprint density at radius 1 is 1.56 bits per heavy atom. The molecule has 0 radical (unpaired) electrons. The van der Waals surface area contributed by atoms with E-state index in [1.54, 1.807) is 0 Å². The number of benzene rings is 1. The molecule has 1 amide bonds. The molecular weight excluding hydrogens is 310 g/mol. The first-order valence-electron chi connectivity index (χ1n) is 6.35. The average molecular weight is 326 g/mol. The Morgan fingerprint density at radius 3 is 3.17 bits per heavy atom. The fourth-order valence-electron chi connectivity index (χ4n) is 3.27. The van der Waals surface area contributed by atoms with Crippen LogP contribution in [0.3, 0.4) is 0 Å². The van der Waals surface area contributed by atoms with Crippen molar-refractivity contribution in [1.82, 2.24) is 5.32 Å². The molecule has 0 saturated heterocycles. The van der Waals surface area contributed by atoms with E-state index < -0.39 is 0 Å². The van der Waals surface area contributed by atoms with Gasteiger partial charge in [0.2, 0.25) is 5.91 Å². The van der Waals surface area contributed by atoms with E-state index in [4.69, 9.17) is 0 Å². The van der Waals surface area contributed by atoms with Crippen LogP contribution in [0.25, 0.3) is 0 Å². The van der Waals surface area contributed by atoms with Gasteiger partial charge in [0, 0.05) is 28.1 Å². The van der Waals surface area contributed by atoms with Gasteiger partial charge in [-0.25, -0.2) is 0 Å². The van der Waals surface area contributed by atoms with Crippen molar-refractivity contribution in [3.63, 3.8) is 0 Å². The minimum absolute atomic E-state index is 0.150. The van der Waals surface area contributed by atoms with Gasteiger partial charge in [0.05, 0.1) is 0 Å². The van der Waals surface area contributed by atoms with Crippen LogP contribution in [0.2, 0.25) is 0 Å². The molecule has 3 rings (SSSR count). The normalized spacial score (nSPS) is 28.2. The lowest BCUT2D eigenvalue weighted by Crippen LogP contribution is -2.29. The summed E-state index contributed by atoms with van der Waals surface area (Å²) in [6, 6.07) is 6.48. The number of fused-ring (bicyclic) bond motifs is 2. The van der Waals surface area contributed by atoms with Gasteiger partial charge in [-0.3, -0.25) is 4.79 Å². The molecular formula is C14H16BrNOS. The summed E-state index contributed by atoms with van der Waals surface area (Å²) in [5, 5.41) is 2.96. The van der Waals surface area contributed by atoms with Gasteiger partial charge in [-0.2, -0.15) is 12.6 Å². The van der Waals surface area contributed by atoms with E-state index in [9.17, 15) is 4.79 Å². The quantitative estimate of drug-likeness (QED) is 0.822. The zero-order valence-electron chi connectivity index (χ0n) is 10.1. The Balaban J connectivity index is 1.79. The van der Waals surface area contributed by atoms with Crippen LogP contribution in [0.4, 0.5) is 0 Å². The highest BCUT2D eigenvalue weighted by atomic mass is 79.9. The molecule has 0 aliphatic heterocycles.